The topological polar surface area (TPSA) is 69.7 Å². The van der Waals surface area contributed by atoms with Crippen LogP contribution < -0.4 is 19.9 Å². The highest BCUT2D eigenvalue weighted by Gasteiger charge is 2.23. The Balaban J connectivity index is 1.27. The standard InChI is InChI=1S/C28H37N7O/c1-22(2)36-25-20-30-28(31-24-11-9-23(10-12-24)21-33-14-6-3-7-15-33)32-27(25)35-18-16-34(17-19-35)26-8-4-5-13-29-26/h4-5,8-13,20,22H,3,6-7,14-19,21H2,1-2H3,(H,30,31,32). The third-order valence-electron chi connectivity index (χ3n) is 6.72. The van der Waals surface area contributed by atoms with Gasteiger partial charge in [0, 0.05) is 44.6 Å². The zero-order valence-corrected chi connectivity index (χ0v) is 21.4. The molecule has 0 aliphatic carbocycles. The Bertz CT molecular complexity index is 1090. The fourth-order valence-corrected chi connectivity index (χ4v) is 4.87. The molecule has 1 N–H and O–H groups in total. The number of rotatable bonds is 8. The Morgan fingerprint density at radius 3 is 2.31 bits per heavy atom. The first-order chi connectivity index (χ1) is 17.6. The number of nitrogens with zero attached hydrogens (tertiary/aromatic N) is 6. The van der Waals surface area contributed by atoms with Crippen LogP contribution in [0.15, 0.2) is 54.9 Å². The molecule has 1 aromatic carbocycles. The number of anilines is 4. The van der Waals surface area contributed by atoms with Gasteiger partial charge in [-0.15, -0.1) is 0 Å². The molecule has 0 amide bonds. The summed E-state index contributed by atoms with van der Waals surface area (Å²) in [7, 11) is 0. The van der Waals surface area contributed by atoms with Gasteiger partial charge < -0.3 is 19.9 Å². The molecule has 0 saturated carbocycles. The van der Waals surface area contributed by atoms with E-state index in [0.717, 1.165) is 55.8 Å². The maximum absolute atomic E-state index is 6.08. The number of pyridine rings is 1. The van der Waals surface area contributed by atoms with Crippen LogP contribution in [0.4, 0.5) is 23.3 Å². The second-order valence-corrected chi connectivity index (χ2v) is 9.87. The van der Waals surface area contributed by atoms with Crippen LogP contribution in [0.1, 0.15) is 38.7 Å². The average molecular weight is 488 g/mol. The van der Waals surface area contributed by atoms with Crippen molar-refractivity contribution in [1.82, 2.24) is 19.9 Å². The number of hydrogen-bond donors (Lipinski definition) is 1. The number of nitrogens with one attached hydrogen (secondary N) is 1. The second kappa shape index (κ2) is 11.6. The summed E-state index contributed by atoms with van der Waals surface area (Å²) in [6, 6.07) is 14.7. The molecule has 0 spiro atoms. The van der Waals surface area contributed by atoms with Crippen LogP contribution in [0.25, 0.3) is 0 Å². The molecule has 0 unspecified atom stereocenters. The van der Waals surface area contributed by atoms with Crippen LogP contribution in [-0.2, 0) is 6.54 Å². The summed E-state index contributed by atoms with van der Waals surface area (Å²) in [4.78, 5) is 21.1. The van der Waals surface area contributed by atoms with E-state index in [4.69, 9.17) is 9.72 Å². The van der Waals surface area contributed by atoms with E-state index in [2.05, 4.69) is 60.3 Å². The molecule has 3 aromatic rings. The van der Waals surface area contributed by atoms with Gasteiger partial charge in [-0.05, 0) is 69.6 Å². The van der Waals surface area contributed by atoms with Crippen LogP contribution in [-0.4, -0.2) is 65.2 Å². The van der Waals surface area contributed by atoms with E-state index < -0.39 is 0 Å². The summed E-state index contributed by atoms with van der Waals surface area (Å²) < 4.78 is 6.08. The quantitative estimate of drug-likeness (QED) is 0.490. The molecule has 2 fully saturated rings. The summed E-state index contributed by atoms with van der Waals surface area (Å²) >= 11 is 0. The molecular formula is C28H37N7O. The smallest absolute Gasteiger partial charge is 0.229 e. The second-order valence-electron chi connectivity index (χ2n) is 9.87. The zero-order valence-electron chi connectivity index (χ0n) is 21.4. The molecule has 8 nitrogen and oxygen atoms in total. The fraction of sp³-hybridized carbons (Fsp3) is 0.464. The molecule has 5 rings (SSSR count). The monoisotopic (exact) mass is 487 g/mol. The number of aromatic nitrogens is 3. The van der Waals surface area contributed by atoms with Gasteiger partial charge in [0.2, 0.25) is 5.95 Å². The first kappa shape index (κ1) is 24.3. The van der Waals surface area contributed by atoms with E-state index in [9.17, 15) is 0 Å². The van der Waals surface area contributed by atoms with Crippen molar-refractivity contribution >= 4 is 23.3 Å². The van der Waals surface area contributed by atoms with Gasteiger partial charge in [-0.3, -0.25) is 4.90 Å². The van der Waals surface area contributed by atoms with Gasteiger partial charge in [-0.2, -0.15) is 4.98 Å². The van der Waals surface area contributed by atoms with Crippen molar-refractivity contribution < 1.29 is 4.74 Å². The minimum absolute atomic E-state index is 0.0495. The minimum Gasteiger partial charge on any atom is -0.485 e. The van der Waals surface area contributed by atoms with Crippen molar-refractivity contribution in [2.45, 2.75) is 45.8 Å². The lowest BCUT2D eigenvalue weighted by molar-refractivity contribution is 0.221. The van der Waals surface area contributed by atoms with Gasteiger partial charge in [-0.25, -0.2) is 9.97 Å². The van der Waals surface area contributed by atoms with Gasteiger partial charge in [-0.1, -0.05) is 24.6 Å². The molecule has 2 saturated heterocycles. The first-order valence-electron chi connectivity index (χ1n) is 13.2. The molecule has 0 bridgehead atoms. The number of ether oxygens (including phenoxy) is 1. The van der Waals surface area contributed by atoms with E-state index in [1.165, 1.54) is 37.9 Å². The fourth-order valence-electron chi connectivity index (χ4n) is 4.87. The Labute approximate surface area is 214 Å². The van der Waals surface area contributed by atoms with Crippen molar-refractivity contribution in [3.63, 3.8) is 0 Å². The van der Waals surface area contributed by atoms with Gasteiger partial charge >= 0.3 is 0 Å². The molecular weight excluding hydrogens is 450 g/mol. The Morgan fingerprint density at radius 1 is 0.861 bits per heavy atom. The van der Waals surface area contributed by atoms with Gasteiger partial charge in [0.05, 0.1) is 12.3 Å². The number of hydrogen-bond acceptors (Lipinski definition) is 8. The summed E-state index contributed by atoms with van der Waals surface area (Å²) in [5, 5.41) is 3.39. The van der Waals surface area contributed by atoms with Crippen LogP contribution in [0.5, 0.6) is 5.75 Å². The number of piperidine rings is 1. The molecule has 2 aliphatic heterocycles. The van der Waals surface area contributed by atoms with Crippen LogP contribution in [0.2, 0.25) is 0 Å². The number of piperazine rings is 1. The zero-order chi connectivity index (χ0) is 24.7. The normalized spacial score (nSPS) is 16.9. The molecule has 190 valence electrons. The number of likely N-dealkylation sites (tertiary alicyclic amines) is 1. The third kappa shape index (κ3) is 6.23. The van der Waals surface area contributed by atoms with Gasteiger partial charge in [0.1, 0.15) is 5.82 Å². The van der Waals surface area contributed by atoms with Crippen LogP contribution in [0, 0.1) is 0 Å². The Morgan fingerprint density at radius 2 is 1.61 bits per heavy atom. The van der Waals surface area contributed by atoms with E-state index in [1.54, 1.807) is 6.20 Å². The van der Waals surface area contributed by atoms with Crippen molar-refractivity contribution in [3.05, 3.63) is 60.4 Å². The molecule has 0 radical (unpaired) electrons. The number of benzene rings is 1. The summed E-state index contributed by atoms with van der Waals surface area (Å²) in [6.07, 6.45) is 7.68. The minimum atomic E-state index is 0.0495. The molecule has 0 atom stereocenters. The summed E-state index contributed by atoms with van der Waals surface area (Å²) in [6.45, 7) is 10.9. The van der Waals surface area contributed by atoms with E-state index in [0.29, 0.717) is 5.95 Å². The maximum Gasteiger partial charge on any atom is 0.229 e. The summed E-state index contributed by atoms with van der Waals surface area (Å²) in [5.74, 6) is 3.16. The first-order valence-corrected chi connectivity index (χ1v) is 13.2. The van der Waals surface area contributed by atoms with E-state index in [-0.39, 0.29) is 6.10 Å². The van der Waals surface area contributed by atoms with Crippen LogP contribution in [0.3, 0.4) is 0 Å². The predicted molar refractivity (Wildman–Crippen MR) is 145 cm³/mol. The molecule has 4 heterocycles. The lowest BCUT2D eigenvalue weighted by Gasteiger charge is -2.36. The van der Waals surface area contributed by atoms with Crippen molar-refractivity contribution in [2.24, 2.45) is 0 Å². The lowest BCUT2D eigenvalue weighted by atomic mass is 10.1. The molecule has 36 heavy (non-hydrogen) atoms. The highest BCUT2D eigenvalue weighted by molar-refractivity contribution is 5.60. The van der Waals surface area contributed by atoms with E-state index >= 15 is 0 Å². The van der Waals surface area contributed by atoms with E-state index in [1.807, 2.05) is 32.2 Å². The third-order valence-corrected chi connectivity index (χ3v) is 6.72. The summed E-state index contributed by atoms with van der Waals surface area (Å²) in [5.41, 5.74) is 2.33. The highest BCUT2D eigenvalue weighted by Crippen LogP contribution is 2.30. The average Bonchev–Trinajstić information content (AvgIpc) is 2.92. The molecule has 2 aliphatic rings. The SMILES string of the molecule is CC(C)Oc1cnc(Nc2ccc(CN3CCCCC3)cc2)nc1N1CCN(c2ccccn2)CC1. The molecule has 8 heteroatoms. The van der Waals surface area contributed by atoms with Crippen molar-refractivity contribution in [2.75, 3.05) is 54.4 Å². The van der Waals surface area contributed by atoms with Crippen molar-refractivity contribution in [3.8, 4) is 5.75 Å². The van der Waals surface area contributed by atoms with Gasteiger partial charge in [0.15, 0.2) is 11.6 Å². The lowest BCUT2D eigenvalue weighted by Crippen LogP contribution is -2.47. The predicted octanol–water partition coefficient (Wildman–Crippen LogP) is 4.71. The van der Waals surface area contributed by atoms with Crippen LogP contribution >= 0.6 is 0 Å². The molecule has 2 aromatic heterocycles. The highest BCUT2D eigenvalue weighted by atomic mass is 16.5. The maximum atomic E-state index is 6.08. The van der Waals surface area contributed by atoms with Crippen molar-refractivity contribution in [1.29, 1.82) is 0 Å². The Kier molecular flexibility index (Phi) is 7.81. The largest absolute Gasteiger partial charge is 0.485 e. The van der Waals surface area contributed by atoms with Gasteiger partial charge in [0.25, 0.3) is 0 Å². The Hall–Kier alpha value is -3.39.